The summed E-state index contributed by atoms with van der Waals surface area (Å²) in [6.45, 7) is 0.343. The fraction of sp³-hybridized carbons (Fsp3) is 0.133. The lowest BCUT2D eigenvalue weighted by Crippen LogP contribution is -2.15. The fourth-order valence-corrected chi connectivity index (χ4v) is 1.84. The summed E-state index contributed by atoms with van der Waals surface area (Å²) in [6, 6.07) is 10.7. The quantitative estimate of drug-likeness (QED) is 0.732. The number of benzene rings is 1. The minimum Gasteiger partial charge on any atom is -0.489 e. The predicted octanol–water partition coefficient (Wildman–Crippen LogP) is 2.01. The molecule has 2 heterocycles. The summed E-state index contributed by atoms with van der Waals surface area (Å²) >= 11 is 0. The van der Waals surface area contributed by atoms with Crippen molar-refractivity contribution in [3.05, 3.63) is 64.9 Å². The van der Waals surface area contributed by atoms with Crippen LogP contribution in [0.5, 0.6) is 5.75 Å². The Kier molecular flexibility index (Phi) is 3.51. The Hall–Kier alpha value is -2.89. The van der Waals surface area contributed by atoms with Gasteiger partial charge in [0.25, 0.3) is 5.56 Å². The third-order valence-corrected chi connectivity index (χ3v) is 3.04. The first-order chi connectivity index (χ1) is 10.2. The van der Waals surface area contributed by atoms with Gasteiger partial charge in [-0.1, -0.05) is 0 Å². The topological polar surface area (TPSA) is 70.2 Å². The highest BCUT2D eigenvalue weighted by Crippen LogP contribution is 2.20. The smallest absolute Gasteiger partial charge is 0.250 e. The van der Waals surface area contributed by atoms with Crippen LogP contribution in [0.3, 0.4) is 0 Å². The molecule has 0 aliphatic heterocycles. The van der Waals surface area contributed by atoms with Gasteiger partial charge in [-0.25, -0.2) is 0 Å². The average molecular weight is 283 g/mol. The molecule has 106 valence electrons. The van der Waals surface area contributed by atoms with Crippen LogP contribution in [0.4, 0.5) is 0 Å². The lowest BCUT2D eigenvalue weighted by atomic mass is 10.2. The van der Waals surface area contributed by atoms with E-state index in [1.54, 1.807) is 19.3 Å². The van der Waals surface area contributed by atoms with Gasteiger partial charge in [-0.05, 0) is 35.9 Å². The van der Waals surface area contributed by atoms with E-state index in [2.05, 4.69) is 10.2 Å². The lowest BCUT2D eigenvalue weighted by molar-refractivity contribution is 0.306. The molecular formula is C15H13N3O3. The van der Waals surface area contributed by atoms with Gasteiger partial charge in [0, 0.05) is 24.9 Å². The highest BCUT2D eigenvalue weighted by molar-refractivity contribution is 5.53. The highest BCUT2D eigenvalue weighted by atomic mass is 16.5. The van der Waals surface area contributed by atoms with Gasteiger partial charge in [0.15, 0.2) is 0 Å². The summed E-state index contributed by atoms with van der Waals surface area (Å²) in [7, 11) is 1.71. The van der Waals surface area contributed by atoms with Crippen molar-refractivity contribution < 1.29 is 9.15 Å². The molecule has 3 rings (SSSR count). The molecule has 0 aliphatic carbocycles. The Morgan fingerprint density at radius 3 is 2.71 bits per heavy atom. The number of aromatic nitrogens is 3. The van der Waals surface area contributed by atoms with Crippen molar-refractivity contribution in [3.63, 3.8) is 0 Å². The van der Waals surface area contributed by atoms with Crippen molar-refractivity contribution in [2.45, 2.75) is 6.61 Å². The van der Waals surface area contributed by atoms with Gasteiger partial charge in [-0.3, -0.25) is 4.79 Å². The second kappa shape index (κ2) is 5.62. The van der Waals surface area contributed by atoms with Gasteiger partial charge in [0.05, 0.1) is 0 Å². The van der Waals surface area contributed by atoms with Gasteiger partial charge in [-0.2, -0.15) is 0 Å². The van der Waals surface area contributed by atoms with E-state index in [0.717, 1.165) is 11.1 Å². The molecule has 0 radical (unpaired) electrons. The minimum absolute atomic E-state index is 0.0529. The van der Waals surface area contributed by atoms with E-state index in [-0.39, 0.29) is 5.56 Å². The van der Waals surface area contributed by atoms with Crippen LogP contribution in [-0.2, 0) is 13.7 Å². The van der Waals surface area contributed by atoms with Crippen molar-refractivity contribution in [2.75, 3.05) is 0 Å². The lowest BCUT2D eigenvalue weighted by Gasteiger charge is -2.07. The van der Waals surface area contributed by atoms with Crippen LogP contribution in [0.1, 0.15) is 5.56 Å². The Labute approximate surface area is 120 Å². The summed E-state index contributed by atoms with van der Waals surface area (Å²) in [6.07, 6.45) is 3.01. The normalized spacial score (nSPS) is 10.5. The van der Waals surface area contributed by atoms with E-state index in [4.69, 9.17) is 9.15 Å². The minimum atomic E-state index is -0.0529. The second-order valence-corrected chi connectivity index (χ2v) is 4.54. The maximum Gasteiger partial charge on any atom is 0.250 e. The summed E-state index contributed by atoms with van der Waals surface area (Å²) in [5.41, 5.74) is 1.61. The molecule has 0 amide bonds. The van der Waals surface area contributed by atoms with Crippen LogP contribution in [-0.4, -0.2) is 14.8 Å². The fourth-order valence-electron chi connectivity index (χ4n) is 1.84. The maximum absolute atomic E-state index is 11.5. The number of aryl methyl sites for hydroxylation is 1. The predicted molar refractivity (Wildman–Crippen MR) is 75.7 cm³/mol. The third kappa shape index (κ3) is 3.00. The first-order valence-corrected chi connectivity index (χ1v) is 6.37. The van der Waals surface area contributed by atoms with Crippen LogP contribution in [0.25, 0.3) is 11.5 Å². The van der Waals surface area contributed by atoms with Gasteiger partial charge >= 0.3 is 0 Å². The molecule has 0 N–H and O–H groups in total. The van der Waals surface area contributed by atoms with Crippen LogP contribution in [0, 0.1) is 0 Å². The summed E-state index contributed by atoms with van der Waals surface area (Å²) < 4.78 is 12.3. The van der Waals surface area contributed by atoms with E-state index in [9.17, 15) is 4.79 Å². The number of pyridine rings is 1. The molecule has 3 aromatic rings. The monoisotopic (exact) mass is 283 g/mol. The number of ether oxygens (including phenoxy) is 1. The molecular weight excluding hydrogens is 270 g/mol. The number of rotatable bonds is 4. The number of nitrogens with zero attached hydrogens (tertiary/aromatic N) is 3. The Balaban J connectivity index is 1.68. The van der Waals surface area contributed by atoms with Gasteiger partial charge in [-0.15, -0.1) is 10.2 Å². The van der Waals surface area contributed by atoms with Crippen molar-refractivity contribution in [1.82, 2.24) is 14.8 Å². The zero-order chi connectivity index (χ0) is 14.7. The first-order valence-electron chi connectivity index (χ1n) is 6.37. The van der Waals surface area contributed by atoms with E-state index >= 15 is 0 Å². The van der Waals surface area contributed by atoms with Crippen molar-refractivity contribution in [1.29, 1.82) is 0 Å². The van der Waals surface area contributed by atoms with Crippen molar-refractivity contribution in [3.8, 4) is 17.2 Å². The summed E-state index contributed by atoms with van der Waals surface area (Å²) in [5.74, 6) is 1.17. The zero-order valence-electron chi connectivity index (χ0n) is 11.4. The first kappa shape index (κ1) is 13.1. The summed E-state index contributed by atoms with van der Waals surface area (Å²) in [5, 5.41) is 7.47. The van der Waals surface area contributed by atoms with Gasteiger partial charge in [0.2, 0.25) is 12.3 Å². The SMILES string of the molecule is Cn1ccc(COc2ccc(-c3nnco3)cc2)cc1=O. The van der Waals surface area contributed by atoms with Gasteiger partial charge in [0.1, 0.15) is 12.4 Å². The standard InChI is InChI=1S/C15H13N3O3/c1-18-7-6-11(8-14(18)19)9-20-13-4-2-12(3-5-13)15-17-16-10-21-15/h2-8,10H,9H2,1H3. The van der Waals surface area contributed by atoms with Crippen LogP contribution < -0.4 is 10.3 Å². The largest absolute Gasteiger partial charge is 0.489 e. The Morgan fingerprint density at radius 2 is 2.05 bits per heavy atom. The molecule has 0 aliphatic rings. The van der Waals surface area contributed by atoms with Crippen LogP contribution in [0.15, 0.2) is 58.2 Å². The molecule has 1 aromatic carbocycles. The second-order valence-electron chi connectivity index (χ2n) is 4.54. The van der Waals surface area contributed by atoms with E-state index in [0.29, 0.717) is 18.2 Å². The Morgan fingerprint density at radius 1 is 1.24 bits per heavy atom. The molecule has 0 unspecified atom stereocenters. The molecule has 0 fully saturated rings. The third-order valence-electron chi connectivity index (χ3n) is 3.04. The van der Waals surface area contributed by atoms with Crippen molar-refractivity contribution in [2.24, 2.45) is 7.05 Å². The molecule has 0 saturated carbocycles. The number of hydrogen-bond acceptors (Lipinski definition) is 5. The van der Waals surface area contributed by atoms with Gasteiger partial charge < -0.3 is 13.7 Å². The molecule has 0 spiro atoms. The molecule has 2 aromatic heterocycles. The highest BCUT2D eigenvalue weighted by Gasteiger charge is 2.04. The average Bonchev–Trinajstić information content (AvgIpc) is 3.03. The number of hydrogen-bond donors (Lipinski definition) is 0. The molecule has 6 nitrogen and oxygen atoms in total. The molecule has 0 bridgehead atoms. The zero-order valence-corrected chi connectivity index (χ0v) is 11.4. The van der Waals surface area contributed by atoms with Crippen LogP contribution >= 0.6 is 0 Å². The molecule has 6 heteroatoms. The van der Waals surface area contributed by atoms with E-state index in [1.807, 2.05) is 30.3 Å². The molecule has 0 atom stereocenters. The molecule has 21 heavy (non-hydrogen) atoms. The van der Waals surface area contributed by atoms with Crippen LogP contribution in [0.2, 0.25) is 0 Å². The van der Waals surface area contributed by atoms with Crippen molar-refractivity contribution >= 4 is 0 Å². The summed E-state index contributed by atoms with van der Waals surface area (Å²) in [4.78, 5) is 11.5. The van der Waals surface area contributed by atoms with E-state index < -0.39 is 0 Å². The Bertz CT molecular complexity index is 777. The maximum atomic E-state index is 11.5. The van der Waals surface area contributed by atoms with E-state index in [1.165, 1.54) is 11.0 Å². The molecule has 0 saturated heterocycles.